The molecule has 0 amide bonds. The van der Waals surface area contributed by atoms with Gasteiger partial charge in [-0.05, 0) is 42.8 Å². The van der Waals surface area contributed by atoms with Crippen molar-refractivity contribution in [1.29, 1.82) is 0 Å². The van der Waals surface area contributed by atoms with Crippen LogP contribution in [0.1, 0.15) is 32.4 Å². The van der Waals surface area contributed by atoms with E-state index < -0.39 is 0 Å². The molecule has 0 saturated carbocycles. The number of halogens is 1. The molecule has 1 aromatic heterocycles. The van der Waals surface area contributed by atoms with Crippen LogP contribution in [0.25, 0.3) is 0 Å². The van der Waals surface area contributed by atoms with Crippen molar-refractivity contribution in [3.05, 3.63) is 22.3 Å². The molecule has 4 heteroatoms. The fourth-order valence-corrected chi connectivity index (χ4v) is 2.42. The highest BCUT2D eigenvalue weighted by Crippen LogP contribution is 2.24. The van der Waals surface area contributed by atoms with E-state index in [9.17, 15) is 0 Å². The van der Waals surface area contributed by atoms with Gasteiger partial charge in [-0.3, -0.25) is 0 Å². The topological polar surface area (TPSA) is 31.4 Å². The summed E-state index contributed by atoms with van der Waals surface area (Å²) in [6.07, 6.45) is 2.60. The van der Waals surface area contributed by atoms with Crippen LogP contribution in [0.5, 0.6) is 5.88 Å². The van der Waals surface area contributed by atoms with Crippen LogP contribution in [0.15, 0.2) is 16.6 Å². The summed E-state index contributed by atoms with van der Waals surface area (Å²) in [6.45, 7) is 6.14. The number of rotatable bonds is 2. The Bertz CT molecular complexity index is 387. The molecule has 1 aliphatic heterocycles. The molecule has 0 aromatic carbocycles. The van der Waals surface area contributed by atoms with E-state index in [1.54, 1.807) is 0 Å². The molecule has 1 saturated heterocycles. The van der Waals surface area contributed by atoms with Gasteiger partial charge in [0.2, 0.25) is 5.88 Å². The molecule has 17 heavy (non-hydrogen) atoms. The molecular formula is C13H18BrNO2. The van der Waals surface area contributed by atoms with Crippen molar-refractivity contribution >= 4 is 15.9 Å². The second-order valence-electron chi connectivity index (χ2n) is 4.69. The van der Waals surface area contributed by atoms with E-state index in [0.717, 1.165) is 23.0 Å². The van der Waals surface area contributed by atoms with Crippen molar-refractivity contribution in [2.75, 3.05) is 0 Å². The monoisotopic (exact) mass is 299 g/mol. The zero-order valence-corrected chi connectivity index (χ0v) is 12.0. The third kappa shape index (κ3) is 3.42. The Morgan fingerprint density at radius 1 is 1.29 bits per heavy atom. The molecule has 2 rings (SSSR count). The molecule has 0 spiro atoms. The molecule has 3 atom stereocenters. The highest BCUT2D eigenvalue weighted by molar-refractivity contribution is 9.10. The Balaban J connectivity index is 2.02. The molecule has 1 unspecified atom stereocenters. The van der Waals surface area contributed by atoms with E-state index in [1.807, 2.05) is 19.1 Å². The number of ether oxygens (including phenoxy) is 2. The van der Waals surface area contributed by atoms with Crippen LogP contribution < -0.4 is 4.74 Å². The fourth-order valence-electron chi connectivity index (χ4n) is 2.20. The van der Waals surface area contributed by atoms with E-state index >= 15 is 0 Å². The van der Waals surface area contributed by atoms with Crippen LogP contribution in [0, 0.1) is 6.92 Å². The lowest BCUT2D eigenvalue weighted by Gasteiger charge is -2.31. The molecule has 0 radical (unpaired) electrons. The Kier molecular flexibility index (Phi) is 4.05. The van der Waals surface area contributed by atoms with E-state index in [0.29, 0.717) is 5.88 Å². The third-order valence-corrected chi connectivity index (χ3v) is 3.78. The number of hydrogen-bond donors (Lipinski definition) is 0. The molecule has 1 aromatic rings. The summed E-state index contributed by atoms with van der Waals surface area (Å²) in [7, 11) is 0. The van der Waals surface area contributed by atoms with Gasteiger partial charge >= 0.3 is 0 Å². The van der Waals surface area contributed by atoms with E-state index in [-0.39, 0.29) is 18.3 Å². The lowest BCUT2D eigenvalue weighted by Crippen LogP contribution is -2.35. The molecule has 1 aliphatic rings. The van der Waals surface area contributed by atoms with Crippen molar-refractivity contribution in [2.45, 2.75) is 51.9 Å². The molecule has 0 aliphatic carbocycles. The first-order chi connectivity index (χ1) is 8.04. The second kappa shape index (κ2) is 5.36. The Morgan fingerprint density at radius 3 is 2.53 bits per heavy atom. The van der Waals surface area contributed by atoms with Gasteiger partial charge in [0.1, 0.15) is 6.10 Å². The van der Waals surface area contributed by atoms with Crippen LogP contribution in [0.2, 0.25) is 0 Å². The molecule has 0 bridgehead atoms. The van der Waals surface area contributed by atoms with Crippen molar-refractivity contribution < 1.29 is 9.47 Å². The SMILES string of the molecule is Cc1nc(OC2C[C@@H](C)O[C@@H](C)C2)ccc1Br. The quantitative estimate of drug-likeness (QED) is 0.838. The highest BCUT2D eigenvalue weighted by atomic mass is 79.9. The number of pyridine rings is 1. The van der Waals surface area contributed by atoms with Crippen molar-refractivity contribution in [1.82, 2.24) is 4.98 Å². The molecule has 94 valence electrons. The second-order valence-corrected chi connectivity index (χ2v) is 5.54. The average molecular weight is 300 g/mol. The molecule has 0 N–H and O–H groups in total. The zero-order valence-electron chi connectivity index (χ0n) is 10.4. The van der Waals surface area contributed by atoms with Gasteiger partial charge in [0, 0.05) is 23.4 Å². The van der Waals surface area contributed by atoms with Crippen molar-refractivity contribution in [3.63, 3.8) is 0 Å². The van der Waals surface area contributed by atoms with Crippen LogP contribution in [0.3, 0.4) is 0 Å². The van der Waals surface area contributed by atoms with Gasteiger partial charge < -0.3 is 9.47 Å². The largest absolute Gasteiger partial charge is 0.474 e. The minimum absolute atomic E-state index is 0.210. The summed E-state index contributed by atoms with van der Waals surface area (Å²) >= 11 is 3.44. The summed E-state index contributed by atoms with van der Waals surface area (Å²) < 4.78 is 12.6. The number of aryl methyl sites for hydroxylation is 1. The zero-order chi connectivity index (χ0) is 12.4. The van der Waals surface area contributed by atoms with Gasteiger partial charge in [-0.1, -0.05) is 0 Å². The molecule has 2 heterocycles. The van der Waals surface area contributed by atoms with E-state index in [1.165, 1.54) is 0 Å². The predicted molar refractivity (Wildman–Crippen MR) is 70.3 cm³/mol. The first-order valence-corrected chi connectivity index (χ1v) is 6.79. The van der Waals surface area contributed by atoms with Crippen LogP contribution in [-0.2, 0) is 4.74 Å². The first-order valence-electron chi connectivity index (χ1n) is 6.00. The van der Waals surface area contributed by atoms with Gasteiger partial charge in [0.25, 0.3) is 0 Å². The maximum atomic E-state index is 5.92. The van der Waals surface area contributed by atoms with Gasteiger partial charge in [-0.15, -0.1) is 0 Å². The van der Waals surface area contributed by atoms with Gasteiger partial charge in [0.05, 0.1) is 17.9 Å². The Morgan fingerprint density at radius 2 is 1.94 bits per heavy atom. The molecular weight excluding hydrogens is 282 g/mol. The van der Waals surface area contributed by atoms with Gasteiger partial charge in [0.15, 0.2) is 0 Å². The first kappa shape index (κ1) is 12.8. The van der Waals surface area contributed by atoms with Gasteiger partial charge in [-0.25, -0.2) is 4.98 Å². The Labute approximate surface area is 111 Å². The lowest BCUT2D eigenvalue weighted by atomic mass is 10.0. The number of hydrogen-bond acceptors (Lipinski definition) is 3. The van der Waals surface area contributed by atoms with Crippen LogP contribution in [0.4, 0.5) is 0 Å². The predicted octanol–water partition coefficient (Wildman–Crippen LogP) is 3.49. The summed E-state index contributed by atoms with van der Waals surface area (Å²) in [6, 6.07) is 3.88. The van der Waals surface area contributed by atoms with Crippen molar-refractivity contribution in [2.24, 2.45) is 0 Å². The minimum atomic E-state index is 0.210. The average Bonchev–Trinajstić information content (AvgIpc) is 2.22. The minimum Gasteiger partial charge on any atom is -0.474 e. The van der Waals surface area contributed by atoms with E-state index in [4.69, 9.17) is 9.47 Å². The number of nitrogens with zero attached hydrogens (tertiary/aromatic N) is 1. The normalized spacial score (nSPS) is 29.1. The smallest absolute Gasteiger partial charge is 0.213 e. The van der Waals surface area contributed by atoms with Crippen LogP contribution in [-0.4, -0.2) is 23.3 Å². The maximum Gasteiger partial charge on any atom is 0.213 e. The lowest BCUT2D eigenvalue weighted by molar-refractivity contribution is -0.0729. The fraction of sp³-hybridized carbons (Fsp3) is 0.615. The summed E-state index contributed by atoms with van der Waals surface area (Å²) in [5.41, 5.74) is 0.954. The number of aromatic nitrogens is 1. The highest BCUT2D eigenvalue weighted by Gasteiger charge is 2.26. The summed E-state index contributed by atoms with van der Waals surface area (Å²) in [5, 5.41) is 0. The van der Waals surface area contributed by atoms with E-state index in [2.05, 4.69) is 34.8 Å². The van der Waals surface area contributed by atoms with Gasteiger partial charge in [-0.2, -0.15) is 0 Å². The molecule has 1 fully saturated rings. The maximum absolute atomic E-state index is 5.92. The molecule has 3 nitrogen and oxygen atoms in total. The van der Waals surface area contributed by atoms with Crippen molar-refractivity contribution in [3.8, 4) is 5.88 Å². The van der Waals surface area contributed by atoms with Crippen LogP contribution >= 0.6 is 15.9 Å². The standard InChI is InChI=1S/C13H18BrNO2/c1-8-6-11(7-9(2)16-8)17-13-5-4-12(14)10(3)15-13/h4-5,8-9,11H,6-7H2,1-3H3/t8-,9+,11?. The summed E-state index contributed by atoms with van der Waals surface area (Å²) in [5.74, 6) is 0.706. The summed E-state index contributed by atoms with van der Waals surface area (Å²) in [4.78, 5) is 4.41. The Hall–Kier alpha value is -0.610. The third-order valence-electron chi connectivity index (χ3n) is 2.94.